The Kier molecular flexibility index (Phi) is 7.98. The largest absolute Gasteiger partial charge is 0.493 e. The average molecular weight is 566 g/mol. The summed E-state index contributed by atoms with van der Waals surface area (Å²) in [6.07, 6.45) is 3.24. The fourth-order valence-corrected chi connectivity index (χ4v) is 5.80. The van der Waals surface area contributed by atoms with E-state index in [4.69, 9.17) is 9.47 Å². The fraction of sp³-hybridized carbons (Fsp3) is 0.357. The van der Waals surface area contributed by atoms with Gasteiger partial charge in [0.25, 0.3) is 5.69 Å². The number of allylic oxidation sites excluding steroid dienone is 4. The number of rotatable bonds is 8. The second-order valence-corrected chi connectivity index (χ2v) is 10.1. The zero-order chi connectivity index (χ0) is 26.7. The quantitative estimate of drug-likeness (QED) is 0.288. The highest BCUT2D eigenvalue weighted by Crippen LogP contribution is 2.47. The van der Waals surface area contributed by atoms with Crippen LogP contribution < -0.4 is 14.8 Å². The van der Waals surface area contributed by atoms with Crippen LogP contribution >= 0.6 is 15.9 Å². The molecule has 2 unspecified atom stereocenters. The lowest BCUT2D eigenvalue weighted by Crippen LogP contribution is -2.34. The van der Waals surface area contributed by atoms with Gasteiger partial charge in [0.2, 0.25) is 0 Å². The van der Waals surface area contributed by atoms with Crippen molar-refractivity contribution in [3.05, 3.63) is 84.7 Å². The minimum atomic E-state index is -0.522. The molecule has 0 saturated carbocycles. The van der Waals surface area contributed by atoms with Gasteiger partial charge in [-0.3, -0.25) is 14.9 Å². The molecule has 9 heteroatoms. The van der Waals surface area contributed by atoms with E-state index < -0.39 is 10.8 Å². The van der Waals surface area contributed by atoms with Gasteiger partial charge in [-0.05, 0) is 65.4 Å². The summed E-state index contributed by atoms with van der Waals surface area (Å²) >= 11 is 3.56. The van der Waals surface area contributed by atoms with Gasteiger partial charge in [-0.1, -0.05) is 25.5 Å². The van der Waals surface area contributed by atoms with Gasteiger partial charge in [0, 0.05) is 29.5 Å². The molecule has 37 heavy (non-hydrogen) atoms. The Labute approximate surface area is 224 Å². The fourth-order valence-electron chi connectivity index (χ4n) is 5.22. The predicted molar refractivity (Wildman–Crippen MR) is 142 cm³/mol. The molecule has 2 aliphatic rings. The van der Waals surface area contributed by atoms with E-state index in [9.17, 15) is 20.2 Å². The first-order chi connectivity index (χ1) is 17.8. The van der Waals surface area contributed by atoms with Gasteiger partial charge in [0.05, 0.1) is 39.6 Å². The molecule has 8 nitrogen and oxygen atoms in total. The van der Waals surface area contributed by atoms with Crippen LogP contribution in [-0.2, 0) is 11.4 Å². The van der Waals surface area contributed by atoms with E-state index >= 15 is 0 Å². The molecule has 0 amide bonds. The first-order valence-corrected chi connectivity index (χ1v) is 12.9. The molecule has 0 saturated heterocycles. The zero-order valence-electron chi connectivity index (χ0n) is 21.0. The number of carbonyl (C=O) groups is 1. The van der Waals surface area contributed by atoms with Gasteiger partial charge in [-0.25, -0.2) is 0 Å². The van der Waals surface area contributed by atoms with Crippen molar-refractivity contribution in [1.82, 2.24) is 5.32 Å². The molecule has 0 radical (unpaired) electrons. The van der Waals surface area contributed by atoms with Crippen molar-refractivity contribution in [3.8, 4) is 17.6 Å². The smallest absolute Gasteiger partial charge is 0.276 e. The van der Waals surface area contributed by atoms with E-state index in [0.717, 1.165) is 36.2 Å². The third kappa shape index (κ3) is 5.25. The van der Waals surface area contributed by atoms with Crippen molar-refractivity contribution in [2.45, 2.75) is 52.1 Å². The number of ether oxygens (including phenoxy) is 2. The Morgan fingerprint density at radius 3 is 2.70 bits per heavy atom. The van der Waals surface area contributed by atoms with Crippen LogP contribution in [-0.4, -0.2) is 17.8 Å². The molecular weight excluding hydrogens is 538 g/mol. The maximum absolute atomic E-state index is 13.4. The highest BCUT2D eigenvalue weighted by Gasteiger charge is 2.39. The van der Waals surface area contributed by atoms with Crippen LogP contribution in [0.2, 0.25) is 0 Å². The lowest BCUT2D eigenvalue weighted by Gasteiger charge is -2.35. The van der Waals surface area contributed by atoms with Gasteiger partial charge in [-0.15, -0.1) is 0 Å². The maximum atomic E-state index is 13.4. The lowest BCUT2D eigenvalue weighted by molar-refractivity contribution is -0.385. The third-order valence-electron chi connectivity index (χ3n) is 6.87. The summed E-state index contributed by atoms with van der Waals surface area (Å²) in [6, 6.07) is 12.3. The number of nitrogens with zero attached hydrogens (tertiary/aromatic N) is 2. The SMILES string of the molecule is CCCC1CC(=O)C2=C(C1)NC(C)=C(C#N)C2c1cc(Br)c(OCc2ccccc2[N+](=O)[O-])c(OC)c1. The second kappa shape index (κ2) is 11.2. The molecule has 0 fully saturated rings. The number of para-hydroxylation sites is 1. The third-order valence-corrected chi connectivity index (χ3v) is 7.46. The van der Waals surface area contributed by atoms with E-state index in [1.807, 2.05) is 13.0 Å². The number of nitro benzene ring substituents is 1. The topological polar surface area (TPSA) is 114 Å². The summed E-state index contributed by atoms with van der Waals surface area (Å²) in [4.78, 5) is 24.3. The number of nitrogens with one attached hydrogen (secondary N) is 1. The number of carbonyl (C=O) groups excluding carboxylic acids is 1. The number of ketones is 1. The average Bonchev–Trinajstić information content (AvgIpc) is 2.87. The van der Waals surface area contributed by atoms with E-state index in [-0.39, 0.29) is 18.1 Å². The van der Waals surface area contributed by atoms with Crippen molar-refractivity contribution in [2.75, 3.05) is 7.11 Å². The first-order valence-electron chi connectivity index (χ1n) is 12.2. The molecule has 0 bridgehead atoms. The minimum Gasteiger partial charge on any atom is -0.493 e. The van der Waals surface area contributed by atoms with Gasteiger partial charge in [0.15, 0.2) is 17.3 Å². The number of hydrogen-bond acceptors (Lipinski definition) is 7. The molecule has 0 aromatic heterocycles. The van der Waals surface area contributed by atoms with Gasteiger partial charge in [0.1, 0.15) is 6.61 Å². The molecule has 4 rings (SSSR count). The number of benzene rings is 2. The van der Waals surface area contributed by atoms with Crippen molar-refractivity contribution in [2.24, 2.45) is 5.92 Å². The number of methoxy groups -OCH3 is 1. The number of Topliss-reactive ketones (excluding diaryl/α,β-unsaturated/α-hetero) is 1. The molecule has 0 spiro atoms. The lowest BCUT2D eigenvalue weighted by atomic mass is 9.72. The number of dihydropyridines is 1. The molecule has 2 aromatic rings. The van der Waals surface area contributed by atoms with Gasteiger partial charge >= 0.3 is 0 Å². The highest BCUT2D eigenvalue weighted by molar-refractivity contribution is 9.10. The van der Waals surface area contributed by atoms with E-state index in [2.05, 4.69) is 34.2 Å². The number of hydrogen-bond donors (Lipinski definition) is 1. The first kappa shape index (κ1) is 26.4. The molecule has 192 valence electrons. The Hall–Kier alpha value is -3.64. The molecule has 1 N–H and O–H groups in total. The van der Waals surface area contributed by atoms with Crippen LogP contribution in [0.3, 0.4) is 0 Å². The van der Waals surface area contributed by atoms with Crippen LogP contribution in [0.1, 0.15) is 56.6 Å². The van der Waals surface area contributed by atoms with Gasteiger partial charge in [-0.2, -0.15) is 5.26 Å². The number of halogens is 1. The standard InChI is InChI=1S/C28H28BrN3O5/c1-4-7-17-10-22-27(24(33)11-17)26(20(14-30)16(2)31-22)19-12-21(29)28(25(13-19)36-3)37-15-18-8-5-6-9-23(18)32(34)35/h5-6,8-9,12-13,17,26,31H,4,7,10-11,15H2,1-3H3. The van der Waals surface area contributed by atoms with Gasteiger partial charge < -0.3 is 14.8 Å². The number of nitro groups is 1. The maximum Gasteiger partial charge on any atom is 0.276 e. The molecular formula is C28H28BrN3O5. The highest BCUT2D eigenvalue weighted by atomic mass is 79.9. The molecule has 2 aromatic carbocycles. The monoisotopic (exact) mass is 565 g/mol. The Balaban J connectivity index is 1.73. The van der Waals surface area contributed by atoms with Crippen LogP contribution in [0.4, 0.5) is 5.69 Å². The summed E-state index contributed by atoms with van der Waals surface area (Å²) in [7, 11) is 1.50. The normalized spacial score (nSPS) is 19.2. The van der Waals surface area contributed by atoms with Crippen LogP contribution in [0, 0.1) is 27.4 Å². The van der Waals surface area contributed by atoms with Crippen LogP contribution in [0.5, 0.6) is 11.5 Å². The predicted octanol–water partition coefficient (Wildman–Crippen LogP) is 6.46. The summed E-state index contributed by atoms with van der Waals surface area (Å²) < 4.78 is 12.2. The van der Waals surface area contributed by atoms with Crippen molar-refractivity contribution >= 4 is 27.4 Å². The Bertz CT molecular complexity index is 1360. The zero-order valence-corrected chi connectivity index (χ0v) is 22.6. The van der Waals surface area contributed by atoms with E-state index in [0.29, 0.717) is 45.0 Å². The molecule has 1 aliphatic carbocycles. The van der Waals surface area contributed by atoms with E-state index in [1.54, 1.807) is 24.3 Å². The van der Waals surface area contributed by atoms with Crippen molar-refractivity contribution in [1.29, 1.82) is 5.26 Å². The Morgan fingerprint density at radius 1 is 1.27 bits per heavy atom. The molecule has 1 heterocycles. The number of nitriles is 1. The molecule has 2 atom stereocenters. The van der Waals surface area contributed by atoms with Crippen LogP contribution in [0.25, 0.3) is 0 Å². The van der Waals surface area contributed by atoms with E-state index in [1.165, 1.54) is 13.2 Å². The summed E-state index contributed by atoms with van der Waals surface area (Å²) in [6.45, 7) is 3.95. The summed E-state index contributed by atoms with van der Waals surface area (Å²) in [5.74, 6) is 0.602. The summed E-state index contributed by atoms with van der Waals surface area (Å²) in [5.41, 5.74) is 3.89. The minimum absolute atomic E-state index is 0.0279. The van der Waals surface area contributed by atoms with Crippen LogP contribution in [0.15, 0.2) is 63.4 Å². The summed E-state index contributed by atoms with van der Waals surface area (Å²) in [5, 5.41) is 24.7. The van der Waals surface area contributed by atoms with Crippen molar-refractivity contribution in [3.63, 3.8) is 0 Å². The Morgan fingerprint density at radius 2 is 2.03 bits per heavy atom. The molecule has 1 aliphatic heterocycles. The van der Waals surface area contributed by atoms with Crippen molar-refractivity contribution < 1.29 is 19.2 Å². The second-order valence-electron chi connectivity index (χ2n) is 9.30.